The fraction of sp³-hybridized carbons (Fsp3) is 0.351. The molecule has 3 aromatic rings. The number of hydrogen-bond donors (Lipinski definition) is 2. The highest BCUT2D eigenvalue weighted by atomic mass is 16.6. The van der Waals surface area contributed by atoms with Gasteiger partial charge >= 0.3 is 5.97 Å². The van der Waals surface area contributed by atoms with Gasteiger partial charge in [-0.1, -0.05) is 85.0 Å². The molecule has 2 N–H and O–H groups in total. The predicted octanol–water partition coefficient (Wildman–Crippen LogP) is 3.45. The van der Waals surface area contributed by atoms with Crippen molar-refractivity contribution in [2.75, 3.05) is 24.6 Å². The van der Waals surface area contributed by atoms with Crippen LogP contribution in [0.2, 0.25) is 0 Å². The summed E-state index contributed by atoms with van der Waals surface area (Å²) >= 11 is 0. The highest BCUT2D eigenvalue weighted by Gasteiger charge is 2.74. The van der Waals surface area contributed by atoms with Gasteiger partial charge in [0.05, 0.1) is 31.2 Å². The van der Waals surface area contributed by atoms with E-state index in [-0.39, 0.29) is 32.0 Å². The van der Waals surface area contributed by atoms with Gasteiger partial charge in [-0.15, -0.1) is 0 Å². The second kappa shape index (κ2) is 12.4. The first kappa shape index (κ1) is 30.8. The van der Waals surface area contributed by atoms with E-state index < -0.39 is 59.5 Å². The van der Waals surface area contributed by atoms with E-state index in [0.29, 0.717) is 17.7 Å². The number of cyclic esters (lactones) is 1. The third-order valence-electron chi connectivity index (χ3n) is 9.77. The highest BCUT2D eigenvalue weighted by Crippen LogP contribution is 2.56. The van der Waals surface area contributed by atoms with Crippen molar-refractivity contribution in [3.8, 4) is 0 Å². The van der Waals surface area contributed by atoms with Crippen LogP contribution in [0.1, 0.15) is 31.4 Å². The Kier molecular flexibility index (Phi) is 8.15. The van der Waals surface area contributed by atoms with Gasteiger partial charge in [0.1, 0.15) is 23.7 Å². The Morgan fingerprint density at radius 2 is 1.72 bits per heavy atom. The van der Waals surface area contributed by atoms with E-state index in [2.05, 4.69) is 5.32 Å². The number of rotatable bonds is 4. The largest absolute Gasteiger partial charge is 0.455 e. The first-order chi connectivity index (χ1) is 22.8. The van der Waals surface area contributed by atoms with Crippen molar-refractivity contribution < 1.29 is 33.8 Å². The standard InChI is InChI=1S/C37H37N3O7/c1-23(22-41)40-33-35(44)39(27-16-15-24-10-7-8-13-26(24)20-27)19-9-3-6-14-30(42)38-21-29(25-11-4-2-5-12-25)46-36(45)31-28-17-18-37(33,47-28)32(31)34(40)43/h2-5,7-13,15-18,20,23,28-29,31-33,41H,6,14,19,21-22H2,1H3,(H,38,42)/b9-3-/t23-,28-,29-,31+,32+,33-,37+/m1/s1. The van der Waals surface area contributed by atoms with Gasteiger partial charge in [0.25, 0.3) is 5.91 Å². The molecule has 3 amide bonds. The second-order valence-electron chi connectivity index (χ2n) is 12.6. The number of carbonyl (C=O) groups excluding carboxylic acids is 4. The van der Waals surface area contributed by atoms with Crippen LogP contribution >= 0.6 is 0 Å². The Morgan fingerprint density at radius 1 is 0.957 bits per heavy atom. The summed E-state index contributed by atoms with van der Waals surface area (Å²) in [5, 5.41) is 15.1. The van der Waals surface area contributed by atoms with Crippen molar-refractivity contribution in [1.82, 2.24) is 10.2 Å². The summed E-state index contributed by atoms with van der Waals surface area (Å²) in [4.78, 5) is 59.2. The number of ether oxygens (including phenoxy) is 2. The summed E-state index contributed by atoms with van der Waals surface area (Å²) in [5.41, 5.74) is -0.119. The number of esters is 1. The molecule has 4 aliphatic heterocycles. The number of allylic oxidation sites excluding steroid dienone is 1. The Morgan fingerprint density at radius 3 is 2.51 bits per heavy atom. The number of aliphatic hydroxyl groups is 1. The number of nitrogens with one attached hydrogen (secondary N) is 1. The van der Waals surface area contributed by atoms with E-state index in [4.69, 9.17) is 9.47 Å². The van der Waals surface area contributed by atoms with E-state index in [1.165, 1.54) is 4.90 Å². The average molecular weight is 636 g/mol. The number of fused-ring (bicyclic) bond motifs is 3. The maximum Gasteiger partial charge on any atom is 0.313 e. The quantitative estimate of drug-likeness (QED) is 0.332. The number of aliphatic hydroxyl groups excluding tert-OH is 1. The summed E-state index contributed by atoms with van der Waals surface area (Å²) in [6.45, 7) is 1.52. The van der Waals surface area contributed by atoms with Crippen LogP contribution in [0.3, 0.4) is 0 Å². The lowest BCUT2D eigenvalue weighted by Crippen LogP contribution is -2.58. The third kappa shape index (κ3) is 5.31. The Bertz CT molecular complexity index is 1770. The van der Waals surface area contributed by atoms with Crippen LogP contribution in [-0.2, 0) is 28.7 Å². The predicted molar refractivity (Wildman–Crippen MR) is 174 cm³/mol. The number of amides is 3. The molecule has 0 saturated carbocycles. The fourth-order valence-electron chi connectivity index (χ4n) is 7.46. The van der Waals surface area contributed by atoms with E-state index in [9.17, 15) is 24.3 Å². The molecule has 10 heteroatoms. The maximum atomic E-state index is 14.9. The molecule has 0 radical (unpaired) electrons. The lowest BCUT2D eigenvalue weighted by atomic mass is 9.74. The zero-order valence-corrected chi connectivity index (χ0v) is 26.0. The van der Waals surface area contributed by atoms with E-state index in [1.807, 2.05) is 84.9 Å². The van der Waals surface area contributed by atoms with Crippen LogP contribution in [0, 0.1) is 11.8 Å². The van der Waals surface area contributed by atoms with Crippen molar-refractivity contribution in [3.63, 3.8) is 0 Å². The molecule has 7 rings (SSSR count). The number of carbonyl (C=O) groups is 4. The van der Waals surface area contributed by atoms with E-state index >= 15 is 0 Å². The lowest BCUT2D eigenvalue weighted by molar-refractivity contribution is -0.160. The number of likely N-dealkylation sites (tertiary alicyclic amines) is 1. The fourth-order valence-corrected chi connectivity index (χ4v) is 7.46. The van der Waals surface area contributed by atoms with Gasteiger partial charge in [-0.3, -0.25) is 19.2 Å². The van der Waals surface area contributed by atoms with Gasteiger partial charge in [0.15, 0.2) is 0 Å². The summed E-state index contributed by atoms with van der Waals surface area (Å²) < 4.78 is 12.6. The lowest BCUT2D eigenvalue weighted by Gasteiger charge is -2.37. The van der Waals surface area contributed by atoms with Gasteiger partial charge in [-0.05, 0) is 41.8 Å². The summed E-state index contributed by atoms with van der Waals surface area (Å²) in [6.07, 6.45) is 6.23. The van der Waals surface area contributed by atoms with Crippen molar-refractivity contribution in [2.24, 2.45) is 11.8 Å². The van der Waals surface area contributed by atoms with Crippen LogP contribution in [0.5, 0.6) is 0 Å². The SMILES string of the molecule is C[C@H](CO)N1C(=O)[C@@H]2[C@H]3C(=O)O[C@@H](c4ccccc4)CNC(=O)CC/C=C\CN(c4ccc5ccccc5c4)C(=O)[C@@H]1[C@]21C=C[C@H]3O1. The van der Waals surface area contributed by atoms with Gasteiger partial charge in [-0.25, -0.2) is 0 Å². The molecule has 1 spiro atoms. The Labute approximate surface area is 272 Å². The van der Waals surface area contributed by atoms with Crippen LogP contribution in [0.4, 0.5) is 5.69 Å². The monoisotopic (exact) mass is 635 g/mol. The molecular weight excluding hydrogens is 598 g/mol. The minimum absolute atomic E-state index is 0.0562. The van der Waals surface area contributed by atoms with Crippen molar-refractivity contribution >= 4 is 40.2 Å². The van der Waals surface area contributed by atoms with Crippen molar-refractivity contribution in [2.45, 2.75) is 49.7 Å². The molecule has 10 nitrogen and oxygen atoms in total. The van der Waals surface area contributed by atoms with Gasteiger partial charge in [0.2, 0.25) is 11.8 Å². The molecule has 242 valence electrons. The molecule has 4 aliphatic rings. The molecule has 0 aliphatic carbocycles. The molecule has 47 heavy (non-hydrogen) atoms. The molecule has 0 aromatic heterocycles. The minimum atomic E-state index is -1.44. The molecule has 5 bridgehead atoms. The molecule has 2 fully saturated rings. The number of hydrogen-bond acceptors (Lipinski definition) is 7. The van der Waals surface area contributed by atoms with Crippen molar-refractivity contribution in [3.05, 3.63) is 103 Å². The van der Waals surface area contributed by atoms with Crippen LogP contribution < -0.4 is 10.2 Å². The Hall–Kier alpha value is -4.80. The zero-order valence-electron chi connectivity index (χ0n) is 26.0. The van der Waals surface area contributed by atoms with Crippen LogP contribution in [-0.4, -0.2) is 77.2 Å². The van der Waals surface area contributed by atoms with Gasteiger partial charge in [0, 0.05) is 18.7 Å². The number of nitrogens with zero attached hydrogens (tertiary/aromatic N) is 2. The number of anilines is 1. The van der Waals surface area contributed by atoms with Gasteiger partial charge in [-0.2, -0.15) is 0 Å². The molecule has 3 aromatic carbocycles. The molecule has 2 saturated heterocycles. The van der Waals surface area contributed by atoms with Crippen LogP contribution in [0.25, 0.3) is 10.8 Å². The molecule has 0 unspecified atom stereocenters. The molecular formula is C37H37N3O7. The first-order valence-electron chi connectivity index (χ1n) is 16.1. The maximum absolute atomic E-state index is 14.9. The minimum Gasteiger partial charge on any atom is -0.455 e. The summed E-state index contributed by atoms with van der Waals surface area (Å²) in [6, 6.07) is 20.8. The average Bonchev–Trinajstić information content (AvgIpc) is 3.74. The smallest absolute Gasteiger partial charge is 0.313 e. The van der Waals surface area contributed by atoms with Gasteiger partial charge < -0.3 is 29.7 Å². The summed E-state index contributed by atoms with van der Waals surface area (Å²) in [7, 11) is 0. The Balaban J connectivity index is 1.32. The summed E-state index contributed by atoms with van der Waals surface area (Å²) in [5.74, 6) is -3.76. The highest BCUT2D eigenvalue weighted by molar-refractivity contribution is 6.06. The van der Waals surface area contributed by atoms with E-state index in [1.54, 1.807) is 24.0 Å². The zero-order chi connectivity index (χ0) is 32.7. The molecule has 4 heterocycles. The topological polar surface area (TPSA) is 125 Å². The van der Waals surface area contributed by atoms with E-state index in [0.717, 1.165) is 10.8 Å². The second-order valence-corrected chi connectivity index (χ2v) is 12.6. The van der Waals surface area contributed by atoms with Crippen molar-refractivity contribution in [1.29, 1.82) is 0 Å². The number of benzene rings is 3. The van der Waals surface area contributed by atoms with Crippen LogP contribution in [0.15, 0.2) is 97.1 Å². The normalized spacial score (nSPS) is 30.7. The molecule has 7 atom stereocenters. The first-order valence-corrected chi connectivity index (χ1v) is 16.1. The third-order valence-corrected chi connectivity index (χ3v) is 9.77.